The lowest BCUT2D eigenvalue weighted by atomic mass is 10.3. The average molecular weight is 377 g/mol. The highest BCUT2D eigenvalue weighted by molar-refractivity contribution is 8.00. The van der Waals surface area contributed by atoms with Gasteiger partial charge in [-0.1, -0.05) is 34.8 Å². The lowest BCUT2D eigenvalue weighted by Crippen LogP contribution is -2.14. The Morgan fingerprint density at radius 3 is 2.27 bits per heavy atom. The predicted octanol–water partition coefficient (Wildman–Crippen LogP) is 5.39. The monoisotopic (exact) mass is 375 g/mol. The largest absolute Gasteiger partial charge is 0.497 e. The van der Waals surface area contributed by atoms with Crippen molar-refractivity contribution in [3.8, 4) is 5.75 Å². The molecule has 2 rings (SSSR count). The van der Waals surface area contributed by atoms with Crippen LogP contribution in [0.5, 0.6) is 5.75 Å². The lowest BCUT2D eigenvalue weighted by molar-refractivity contribution is -0.113. The zero-order chi connectivity index (χ0) is 16.1. The highest BCUT2D eigenvalue weighted by Crippen LogP contribution is 2.33. The van der Waals surface area contributed by atoms with Crippen LogP contribution in [0.4, 0.5) is 5.69 Å². The molecule has 0 aliphatic rings. The molecule has 0 fully saturated rings. The number of hydrogen-bond acceptors (Lipinski definition) is 3. The first-order valence-corrected chi connectivity index (χ1v) is 8.33. The molecular formula is C15H12Cl3NO2S. The minimum Gasteiger partial charge on any atom is -0.497 e. The topological polar surface area (TPSA) is 38.3 Å². The van der Waals surface area contributed by atoms with Gasteiger partial charge in [0.2, 0.25) is 5.91 Å². The summed E-state index contributed by atoms with van der Waals surface area (Å²) in [4.78, 5) is 13.0. The maximum absolute atomic E-state index is 12.0. The Bertz CT molecular complexity index is 654. The number of nitrogens with one attached hydrogen (secondary N) is 1. The van der Waals surface area contributed by atoms with Crippen LogP contribution < -0.4 is 10.1 Å². The molecule has 0 radical (unpaired) electrons. The van der Waals surface area contributed by atoms with Crippen molar-refractivity contribution in [3.63, 3.8) is 0 Å². The van der Waals surface area contributed by atoms with Crippen molar-refractivity contribution in [3.05, 3.63) is 51.5 Å². The van der Waals surface area contributed by atoms with E-state index in [1.54, 1.807) is 7.11 Å². The smallest absolute Gasteiger partial charge is 0.234 e. The molecule has 2 aromatic rings. The number of carbonyl (C=O) groups excluding carboxylic acids is 1. The van der Waals surface area contributed by atoms with Crippen molar-refractivity contribution in [1.82, 2.24) is 0 Å². The Morgan fingerprint density at radius 2 is 1.73 bits per heavy atom. The van der Waals surface area contributed by atoms with Crippen LogP contribution in [0.15, 0.2) is 41.3 Å². The molecule has 1 N–H and O–H groups in total. The molecule has 22 heavy (non-hydrogen) atoms. The summed E-state index contributed by atoms with van der Waals surface area (Å²) in [6.07, 6.45) is 0. The van der Waals surface area contributed by atoms with Crippen molar-refractivity contribution in [2.75, 3.05) is 18.2 Å². The second-order valence-corrected chi connectivity index (χ2v) is 6.56. The van der Waals surface area contributed by atoms with Crippen molar-refractivity contribution < 1.29 is 9.53 Å². The number of amides is 1. The van der Waals surface area contributed by atoms with E-state index in [1.165, 1.54) is 23.9 Å². The summed E-state index contributed by atoms with van der Waals surface area (Å²) < 4.78 is 5.08. The number of thioether (sulfide) groups is 1. The molecule has 3 nitrogen and oxygen atoms in total. The Balaban J connectivity index is 1.95. The van der Waals surface area contributed by atoms with E-state index < -0.39 is 0 Å². The minimum absolute atomic E-state index is 0.202. The van der Waals surface area contributed by atoms with Crippen LogP contribution in [0.3, 0.4) is 0 Å². The summed E-state index contributed by atoms with van der Waals surface area (Å²) in [5.74, 6) is 0.808. The van der Waals surface area contributed by atoms with Gasteiger partial charge < -0.3 is 10.1 Å². The number of halogens is 3. The quantitative estimate of drug-likeness (QED) is 0.711. The SMILES string of the molecule is COc1ccc(SCC(=O)Nc2c(Cl)cc(Cl)cc2Cl)cc1. The maximum Gasteiger partial charge on any atom is 0.234 e. The third-order valence-electron chi connectivity index (χ3n) is 2.70. The standard InChI is InChI=1S/C15H12Cl3NO2S/c1-21-10-2-4-11(5-3-10)22-8-14(20)19-15-12(17)6-9(16)7-13(15)18/h2-7H,8H2,1H3,(H,19,20). The van der Waals surface area contributed by atoms with Gasteiger partial charge in [-0.3, -0.25) is 4.79 Å². The number of anilines is 1. The van der Waals surface area contributed by atoms with E-state index in [2.05, 4.69) is 5.32 Å². The fourth-order valence-electron chi connectivity index (χ4n) is 1.66. The van der Waals surface area contributed by atoms with E-state index in [1.807, 2.05) is 24.3 Å². The lowest BCUT2D eigenvalue weighted by Gasteiger charge is -2.10. The van der Waals surface area contributed by atoms with Crippen molar-refractivity contribution in [2.45, 2.75) is 4.90 Å². The van der Waals surface area contributed by atoms with Gasteiger partial charge in [-0.25, -0.2) is 0 Å². The zero-order valence-electron chi connectivity index (χ0n) is 11.5. The molecule has 0 aliphatic carbocycles. The summed E-state index contributed by atoms with van der Waals surface area (Å²) in [6.45, 7) is 0. The summed E-state index contributed by atoms with van der Waals surface area (Å²) >= 11 is 19.3. The Labute approximate surface area is 147 Å². The first-order chi connectivity index (χ1) is 10.5. The van der Waals surface area contributed by atoms with Crippen LogP contribution in [0.1, 0.15) is 0 Å². The second kappa shape index (κ2) is 7.97. The van der Waals surface area contributed by atoms with E-state index >= 15 is 0 Å². The fraction of sp³-hybridized carbons (Fsp3) is 0.133. The molecule has 0 aliphatic heterocycles. The molecule has 0 unspecified atom stereocenters. The Hall–Kier alpha value is -1.07. The van der Waals surface area contributed by atoms with Crippen LogP contribution in [0, 0.1) is 0 Å². The van der Waals surface area contributed by atoms with Gasteiger partial charge in [0.05, 0.1) is 28.6 Å². The third kappa shape index (κ3) is 4.71. The Morgan fingerprint density at radius 1 is 1.14 bits per heavy atom. The van der Waals surface area contributed by atoms with Crippen molar-refractivity contribution in [1.29, 1.82) is 0 Å². The van der Waals surface area contributed by atoms with Crippen molar-refractivity contribution in [2.24, 2.45) is 0 Å². The van der Waals surface area contributed by atoms with E-state index in [0.717, 1.165) is 10.6 Å². The molecule has 1 amide bonds. The summed E-state index contributed by atoms with van der Waals surface area (Å²) in [6, 6.07) is 10.5. The number of carbonyl (C=O) groups is 1. The number of rotatable bonds is 5. The third-order valence-corrected chi connectivity index (χ3v) is 4.53. The van der Waals surface area contributed by atoms with Gasteiger partial charge >= 0.3 is 0 Å². The molecule has 0 heterocycles. The first kappa shape index (κ1) is 17.3. The maximum atomic E-state index is 12.0. The van der Waals surface area contributed by atoms with Crippen LogP contribution >= 0.6 is 46.6 Å². The van der Waals surface area contributed by atoms with Crippen LogP contribution in [-0.2, 0) is 4.79 Å². The molecule has 0 bridgehead atoms. The van der Waals surface area contributed by atoms with Crippen LogP contribution in [0.2, 0.25) is 15.1 Å². The summed E-state index contributed by atoms with van der Waals surface area (Å²) in [5, 5.41) is 3.72. The first-order valence-electron chi connectivity index (χ1n) is 6.21. The number of methoxy groups -OCH3 is 1. The highest BCUT2D eigenvalue weighted by atomic mass is 35.5. The van der Waals surface area contributed by atoms with Gasteiger partial charge in [0.25, 0.3) is 0 Å². The summed E-state index contributed by atoms with van der Waals surface area (Å²) in [5.41, 5.74) is 0.369. The number of benzene rings is 2. The normalized spacial score (nSPS) is 10.4. The Kier molecular flexibility index (Phi) is 6.26. The molecule has 0 atom stereocenters. The van der Waals surface area contributed by atoms with Crippen LogP contribution in [0.25, 0.3) is 0 Å². The minimum atomic E-state index is -0.202. The molecular weight excluding hydrogens is 365 g/mol. The van der Waals surface area contributed by atoms with Gasteiger partial charge in [0.1, 0.15) is 5.75 Å². The molecule has 0 saturated heterocycles. The molecule has 116 valence electrons. The molecule has 0 saturated carbocycles. The predicted molar refractivity (Wildman–Crippen MR) is 93.8 cm³/mol. The van der Waals surface area contributed by atoms with Gasteiger partial charge in [-0.15, -0.1) is 11.8 Å². The van der Waals surface area contributed by atoms with Gasteiger partial charge in [0, 0.05) is 9.92 Å². The van der Waals surface area contributed by atoms with Gasteiger partial charge in [-0.05, 0) is 36.4 Å². The van der Waals surface area contributed by atoms with Crippen molar-refractivity contribution >= 4 is 58.2 Å². The van der Waals surface area contributed by atoms with Gasteiger partial charge in [-0.2, -0.15) is 0 Å². The fourth-order valence-corrected chi connectivity index (χ4v) is 3.27. The van der Waals surface area contributed by atoms with E-state index in [-0.39, 0.29) is 11.7 Å². The molecule has 0 aromatic heterocycles. The molecule has 0 spiro atoms. The highest BCUT2D eigenvalue weighted by Gasteiger charge is 2.11. The second-order valence-electron chi connectivity index (χ2n) is 4.26. The van der Waals surface area contributed by atoms with Crippen LogP contribution in [-0.4, -0.2) is 18.8 Å². The molecule has 7 heteroatoms. The van der Waals surface area contributed by atoms with Gasteiger partial charge in [0.15, 0.2) is 0 Å². The van der Waals surface area contributed by atoms with E-state index in [4.69, 9.17) is 39.5 Å². The molecule has 2 aromatic carbocycles. The number of hydrogen-bond donors (Lipinski definition) is 1. The van der Waals surface area contributed by atoms with E-state index in [0.29, 0.717) is 20.8 Å². The van der Waals surface area contributed by atoms with E-state index in [9.17, 15) is 4.79 Å². The average Bonchev–Trinajstić information content (AvgIpc) is 2.49. The zero-order valence-corrected chi connectivity index (χ0v) is 14.6. The number of ether oxygens (including phenoxy) is 1. The summed E-state index contributed by atoms with van der Waals surface area (Å²) in [7, 11) is 1.61.